The highest BCUT2D eigenvalue weighted by Gasteiger charge is 2.36. The minimum Gasteiger partial charge on any atom is -0.361 e. The lowest BCUT2D eigenvalue weighted by Crippen LogP contribution is -2.44. The molecule has 1 unspecified atom stereocenters. The largest absolute Gasteiger partial charge is 0.361 e. The number of fused-ring (bicyclic) bond motifs is 1. The third-order valence-corrected chi connectivity index (χ3v) is 5.39. The van der Waals surface area contributed by atoms with Crippen molar-refractivity contribution >= 4 is 5.91 Å². The maximum absolute atomic E-state index is 13.5. The molecule has 7 nitrogen and oxygen atoms in total. The van der Waals surface area contributed by atoms with Crippen molar-refractivity contribution in [2.75, 3.05) is 6.54 Å². The molecule has 4 heterocycles. The number of carbonyl (C=O) groups excluding carboxylic acids is 1. The van der Waals surface area contributed by atoms with Crippen molar-refractivity contribution in [3.05, 3.63) is 59.0 Å². The Kier molecular flexibility index (Phi) is 4.37. The number of hydrogen-bond acceptors (Lipinski definition) is 4. The van der Waals surface area contributed by atoms with Crippen LogP contribution in [0, 0.1) is 19.8 Å². The first-order valence-corrected chi connectivity index (χ1v) is 9.37. The highest BCUT2D eigenvalue weighted by Crippen LogP contribution is 2.35. The molecule has 0 bridgehead atoms. The predicted molar refractivity (Wildman–Crippen MR) is 100 cm³/mol. The summed E-state index contributed by atoms with van der Waals surface area (Å²) >= 11 is 0. The molecule has 0 aliphatic carbocycles. The van der Waals surface area contributed by atoms with Crippen LogP contribution in [0.4, 0.5) is 0 Å². The van der Waals surface area contributed by atoms with Gasteiger partial charge in [-0.1, -0.05) is 19.0 Å². The lowest BCUT2D eigenvalue weighted by molar-refractivity contribution is 0.0543. The van der Waals surface area contributed by atoms with Gasteiger partial charge in [-0.25, -0.2) is 0 Å². The zero-order valence-electron chi connectivity index (χ0n) is 16.2. The molecule has 1 atom stereocenters. The fourth-order valence-corrected chi connectivity index (χ4v) is 4.03. The highest BCUT2D eigenvalue weighted by atomic mass is 16.5. The average molecular weight is 367 g/mol. The van der Waals surface area contributed by atoms with Gasteiger partial charge in [-0.3, -0.25) is 9.48 Å². The van der Waals surface area contributed by atoms with E-state index in [1.54, 1.807) is 10.9 Å². The fraction of sp³-hybridized carbons (Fsp3) is 0.450. The van der Waals surface area contributed by atoms with Crippen molar-refractivity contribution < 1.29 is 9.32 Å². The van der Waals surface area contributed by atoms with E-state index in [0.717, 1.165) is 12.1 Å². The first-order valence-electron chi connectivity index (χ1n) is 9.37. The van der Waals surface area contributed by atoms with E-state index < -0.39 is 0 Å². The van der Waals surface area contributed by atoms with Crippen LogP contribution in [0.3, 0.4) is 0 Å². The molecule has 1 amide bonds. The van der Waals surface area contributed by atoms with Crippen molar-refractivity contribution in [2.24, 2.45) is 5.92 Å². The van der Waals surface area contributed by atoms with Gasteiger partial charge < -0.3 is 14.0 Å². The first-order chi connectivity index (χ1) is 13.0. The predicted octanol–water partition coefficient (Wildman–Crippen LogP) is 3.19. The molecule has 1 aliphatic rings. The van der Waals surface area contributed by atoms with E-state index in [0.29, 0.717) is 30.5 Å². The number of carbonyl (C=O) groups is 1. The third kappa shape index (κ3) is 2.97. The molecule has 0 spiro atoms. The second-order valence-corrected chi connectivity index (χ2v) is 7.51. The number of nitrogens with zero attached hydrogens (tertiary/aromatic N) is 5. The number of amides is 1. The Hall–Kier alpha value is -2.83. The standard InChI is InChI=1S/C20H25N5O2/c1-13(2)19-17-7-6-14(3)24(17)10-11-25(19)20(26)18-16(15(4)27-22-18)12-23-9-5-8-21-23/h5-9,13,19H,10-12H2,1-4H3. The molecule has 3 aromatic heterocycles. The second-order valence-electron chi connectivity index (χ2n) is 7.51. The van der Waals surface area contributed by atoms with Crippen LogP contribution in [0.1, 0.15) is 53.1 Å². The van der Waals surface area contributed by atoms with Gasteiger partial charge in [0.2, 0.25) is 0 Å². The summed E-state index contributed by atoms with van der Waals surface area (Å²) in [7, 11) is 0. The molecule has 27 heavy (non-hydrogen) atoms. The molecule has 0 N–H and O–H groups in total. The van der Waals surface area contributed by atoms with Crippen molar-refractivity contribution in [3.63, 3.8) is 0 Å². The van der Waals surface area contributed by atoms with Gasteiger partial charge in [0.15, 0.2) is 5.69 Å². The summed E-state index contributed by atoms with van der Waals surface area (Å²) in [5.74, 6) is 0.883. The van der Waals surface area contributed by atoms with Gasteiger partial charge in [-0.2, -0.15) is 5.10 Å². The second kappa shape index (κ2) is 6.72. The smallest absolute Gasteiger partial charge is 0.277 e. The van der Waals surface area contributed by atoms with E-state index in [-0.39, 0.29) is 11.9 Å². The molecule has 3 aromatic rings. The molecule has 142 valence electrons. The average Bonchev–Trinajstić information content (AvgIpc) is 3.37. The summed E-state index contributed by atoms with van der Waals surface area (Å²) < 4.78 is 9.47. The Morgan fingerprint density at radius 2 is 2.11 bits per heavy atom. The Morgan fingerprint density at radius 1 is 1.30 bits per heavy atom. The minimum absolute atomic E-state index is 0.0227. The molecule has 7 heteroatoms. The first kappa shape index (κ1) is 17.6. The van der Waals surface area contributed by atoms with Gasteiger partial charge in [0.05, 0.1) is 12.6 Å². The van der Waals surface area contributed by atoms with Gasteiger partial charge in [0.1, 0.15) is 5.76 Å². The van der Waals surface area contributed by atoms with Crippen molar-refractivity contribution in [1.82, 2.24) is 24.4 Å². The Morgan fingerprint density at radius 3 is 2.81 bits per heavy atom. The highest BCUT2D eigenvalue weighted by molar-refractivity contribution is 5.94. The van der Waals surface area contributed by atoms with Crippen molar-refractivity contribution in [3.8, 4) is 0 Å². The van der Waals surface area contributed by atoms with Crippen LogP contribution in [-0.2, 0) is 13.1 Å². The van der Waals surface area contributed by atoms with Crippen LogP contribution in [0.15, 0.2) is 35.1 Å². The number of rotatable bonds is 4. The van der Waals surface area contributed by atoms with E-state index in [2.05, 4.69) is 47.7 Å². The monoisotopic (exact) mass is 367 g/mol. The Bertz CT molecular complexity index is 951. The molecule has 0 saturated carbocycles. The van der Waals surface area contributed by atoms with E-state index >= 15 is 0 Å². The molecule has 4 rings (SSSR count). The quantitative estimate of drug-likeness (QED) is 0.710. The SMILES string of the molecule is Cc1onc(C(=O)N2CCn3c(C)ccc3C2C(C)C)c1Cn1cccn1. The molecule has 0 radical (unpaired) electrons. The Balaban J connectivity index is 1.69. The number of aromatic nitrogens is 4. The lowest BCUT2D eigenvalue weighted by Gasteiger charge is -2.39. The van der Waals surface area contributed by atoms with Crippen LogP contribution in [-0.4, -0.2) is 36.9 Å². The zero-order valence-corrected chi connectivity index (χ0v) is 16.2. The van der Waals surface area contributed by atoms with Crippen LogP contribution in [0.2, 0.25) is 0 Å². The third-order valence-electron chi connectivity index (χ3n) is 5.39. The fourth-order valence-electron chi connectivity index (χ4n) is 4.03. The maximum atomic E-state index is 13.5. The molecule has 1 aliphatic heterocycles. The summed E-state index contributed by atoms with van der Waals surface area (Å²) in [5.41, 5.74) is 3.61. The number of aryl methyl sites for hydroxylation is 2. The summed E-state index contributed by atoms with van der Waals surface area (Å²) in [6, 6.07) is 6.15. The van der Waals surface area contributed by atoms with Crippen LogP contribution in [0.5, 0.6) is 0 Å². The normalized spacial score (nSPS) is 16.8. The molecule has 0 fully saturated rings. The van der Waals surface area contributed by atoms with Crippen LogP contribution >= 0.6 is 0 Å². The number of hydrogen-bond donors (Lipinski definition) is 0. The van der Waals surface area contributed by atoms with Crippen LogP contribution < -0.4 is 0 Å². The van der Waals surface area contributed by atoms with E-state index in [1.807, 2.05) is 24.1 Å². The van der Waals surface area contributed by atoms with E-state index in [1.165, 1.54) is 11.4 Å². The zero-order chi connectivity index (χ0) is 19.1. The molecule has 0 aromatic carbocycles. The maximum Gasteiger partial charge on any atom is 0.277 e. The van der Waals surface area contributed by atoms with E-state index in [4.69, 9.17) is 4.52 Å². The summed E-state index contributed by atoms with van der Waals surface area (Å²) in [4.78, 5) is 15.4. The van der Waals surface area contributed by atoms with Crippen LogP contribution in [0.25, 0.3) is 0 Å². The minimum atomic E-state index is -0.0715. The van der Waals surface area contributed by atoms with Gasteiger partial charge in [-0.05, 0) is 38.0 Å². The Labute approximate surface area is 158 Å². The lowest BCUT2D eigenvalue weighted by atomic mass is 9.96. The van der Waals surface area contributed by atoms with E-state index in [9.17, 15) is 4.79 Å². The summed E-state index contributed by atoms with van der Waals surface area (Å²) in [5, 5.41) is 8.35. The summed E-state index contributed by atoms with van der Waals surface area (Å²) in [6.45, 7) is 10.2. The van der Waals surface area contributed by atoms with Gasteiger partial charge >= 0.3 is 0 Å². The van der Waals surface area contributed by atoms with Crippen molar-refractivity contribution in [1.29, 1.82) is 0 Å². The molecular formula is C20H25N5O2. The van der Waals surface area contributed by atoms with Gasteiger partial charge in [-0.15, -0.1) is 0 Å². The molecule has 0 saturated heterocycles. The van der Waals surface area contributed by atoms with Gasteiger partial charge in [0.25, 0.3) is 5.91 Å². The molecular weight excluding hydrogens is 342 g/mol. The topological polar surface area (TPSA) is 69.1 Å². The van der Waals surface area contributed by atoms with Crippen molar-refractivity contribution in [2.45, 2.75) is 46.8 Å². The van der Waals surface area contributed by atoms with Gasteiger partial charge in [0, 0.05) is 42.4 Å². The summed E-state index contributed by atoms with van der Waals surface area (Å²) in [6.07, 6.45) is 3.59.